The highest BCUT2D eigenvalue weighted by Crippen LogP contribution is 2.36. The predicted octanol–water partition coefficient (Wildman–Crippen LogP) is 4.76. The molecule has 17 heavy (non-hydrogen) atoms. The summed E-state index contributed by atoms with van der Waals surface area (Å²) in [7, 11) is 0. The van der Waals surface area contributed by atoms with E-state index in [4.69, 9.17) is 0 Å². The SMILES string of the molecule is CCC(CC)NC1CCCC(C(C)(C)C)CC1. The van der Waals surface area contributed by atoms with Gasteiger partial charge in [-0.25, -0.2) is 0 Å². The summed E-state index contributed by atoms with van der Waals surface area (Å²) in [6.07, 6.45) is 9.60. The van der Waals surface area contributed by atoms with Gasteiger partial charge in [-0.1, -0.05) is 41.0 Å². The van der Waals surface area contributed by atoms with Crippen LogP contribution in [0.1, 0.15) is 79.6 Å². The van der Waals surface area contributed by atoms with Gasteiger partial charge in [-0.05, 0) is 49.9 Å². The van der Waals surface area contributed by atoms with Crippen LogP contribution in [0.15, 0.2) is 0 Å². The molecule has 1 N–H and O–H groups in total. The maximum Gasteiger partial charge on any atom is 0.00697 e. The fraction of sp³-hybridized carbons (Fsp3) is 1.00. The molecule has 102 valence electrons. The van der Waals surface area contributed by atoms with E-state index in [0.717, 1.165) is 18.0 Å². The molecule has 0 aromatic heterocycles. The van der Waals surface area contributed by atoms with Gasteiger partial charge in [-0.2, -0.15) is 0 Å². The number of rotatable bonds is 4. The monoisotopic (exact) mass is 239 g/mol. The van der Waals surface area contributed by atoms with Crippen LogP contribution in [0.4, 0.5) is 0 Å². The van der Waals surface area contributed by atoms with Gasteiger partial charge in [0.1, 0.15) is 0 Å². The molecular weight excluding hydrogens is 206 g/mol. The Hall–Kier alpha value is -0.0400. The topological polar surface area (TPSA) is 12.0 Å². The molecule has 0 aromatic rings. The summed E-state index contributed by atoms with van der Waals surface area (Å²) in [6.45, 7) is 11.8. The molecule has 1 heteroatoms. The van der Waals surface area contributed by atoms with Gasteiger partial charge >= 0.3 is 0 Å². The van der Waals surface area contributed by atoms with Gasteiger partial charge in [0, 0.05) is 12.1 Å². The Kier molecular flexibility index (Phi) is 5.99. The molecule has 0 aliphatic heterocycles. The van der Waals surface area contributed by atoms with Gasteiger partial charge in [0.2, 0.25) is 0 Å². The third-order valence-corrected chi connectivity index (χ3v) is 4.65. The molecule has 0 spiro atoms. The van der Waals surface area contributed by atoms with Crippen molar-refractivity contribution in [1.82, 2.24) is 5.32 Å². The highest BCUT2D eigenvalue weighted by Gasteiger charge is 2.28. The number of nitrogens with one attached hydrogen (secondary N) is 1. The smallest absolute Gasteiger partial charge is 0.00697 e. The van der Waals surface area contributed by atoms with Crippen molar-refractivity contribution < 1.29 is 0 Å². The zero-order chi connectivity index (χ0) is 12.9. The van der Waals surface area contributed by atoms with E-state index in [9.17, 15) is 0 Å². The van der Waals surface area contributed by atoms with E-state index < -0.39 is 0 Å². The van der Waals surface area contributed by atoms with E-state index in [1.807, 2.05) is 0 Å². The van der Waals surface area contributed by atoms with Crippen molar-refractivity contribution in [3.63, 3.8) is 0 Å². The Morgan fingerprint density at radius 1 is 1.00 bits per heavy atom. The highest BCUT2D eigenvalue weighted by molar-refractivity contribution is 4.82. The Bertz CT molecular complexity index is 200. The Morgan fingerprint density at radius 3 is 2.18 bits per heavy atom. The molecule has 0 bridgehead atoms. The van der Waals surface area contributed by atoms with Crippen LogP contribution < -0.4 is 5.32 Å². The van der Waals surface area contributed by atoms with Crippen molar-refractivity contribution in [2.75, 3.05) is 0 Å². The molecule has 1 fully saturated rings. The van der Waals surface area contributed by atoms with Crippen LogP contribution in [-0.4, -0.2) is 12.1 Å². The molecule has 0 amide bonds. The first-order valence-electron chi connectivity index (χ1n) is 7.73. The Labute approximate surface area is 109 Å². The van der Waals surface area contributed by atoms with Gasteiger partial charge in [0.15, 0.2) is 0 Å². The second-order valence-electron chi connectivity index (χ2n) is 6.95. The fourth-order valence-electron chi connectivity index (χ4n) is 3.19. The lowest BCUT2D eigenvalue weighted by molar-refractivity contribution is 0.213. The number of hydrogen-bond acceptors (Lipinski definition) is 1. The van der Waals surface area contributed by atoms with Crippen LogP contribution in [0.25, 0.3) is 0 Å². The van der Waals surface area contributed by atoms with E-state index in [-0.39, 0.29) is 0 Å². The van der Waals surface area contributed by atoms with Crippen molar-refractivity contribution in [3.05, 3.63) is 0 Å². The molecular formula is C16H33N. The van der Waals surface area contributed by atoms with Crippen molar-refractivity contribution in [2.45, 2.75) is 91.6 Å². The van der Waals surface area contributed by atoms with E-state index in [1.54, 1.807) is 0 Å². The van der Waals surface area contributed by atoms with Crippen molar-refractivity contribution >= 4 is 0 Å². The Balaban J connectivity index is 2.42. The van der Waals surface area contributed by atoms with Gasteiger partial charge < -0.3 is 5.32 Å². The number of hydrogen-bond donors (Lipinski definition) is 1. The van der Waals surface area contributed by atoms with Gasteiger partial charge in [-0.15, -0.1) is 0 Å². The van der Waals surface area contributed by atoms with Crippen LogP contribution in [0.3, 0.4) is 0 Å². The first kappa shape index (κ1) is 15.0. The van der Waals surface area contributed by atoms with Crippen LogP contribution in [-0.2, 0) is 0 Å². The minimum absolute atomic E-state index is 0.504. The van der Waals surface area contributed by atoms with Crippen LogP contribution >= 0.6 is 0 Å². The lowest BCUT2D eigenvalue weighted by Crippen LogP contribution is -2.37. The summed E-state index contributed by atoms with van der Waals surface area (Å²) in [5.74, 6) is 0.927. The molecule has 1 rings (SSSR count). The highest BCUT2D eigenvalue weighted by atomic mass is 14.9. The summed E-state index contributed by atoms with van der Waals surface area (Å²) in [5, 5.41) is 3.87. The van der Waals surface area contributed by atoms with E-state index in [1.165, 1.54) is 44.9 Å². The minimum atomic E-state index is 0.504. The lowest BCUT2D eigenvalue weighted by atomic mass is 9.76. The largest absolute Gasteiger partial charge is 0.311 e. The van der Waals surface area contributed by atoms with Crippen LogP contribution in [0, 0.1) is 11.3 Å². The standard InChI is InChI=1S/C16H33N/c1-6-14(7-2)17-15-10-8-9-13(11-12-15)16(3,4)5/h13-15,17H,6-12H2,1-5H3. The molecule has 0 saturated heterocycles. The Morgan fingerprint density at radius 2 is 1.65 bits per heavy atom. The van der Waals surface area contributed by atoms with Gasteiger partial charge in [0.05, 0.1) is 0 Å². The first-order chi connectivity index (χ1) is 7.97. The maximum atomic E-state index is 3.87. The lowest BCUT2D eigenvalue weighted by Gasteiger charge is -2.30. The fourth-order valence-corrected chi connectivity index (χ4v) is 3.19. The molecule has 1 aliphatic carbocycles. The average Bonchev–Trinajstić information content (AvgIpc) is 2.50. The average molecular weight is 239 g/mol. The van der Waals surface area contributed by atoms with Gasteiger partial charge in [0.25, 0.3) is 0 Å². The predicted molar refractivity (Wildman–Crippen MR) is 77.3 cm³/mol. The molecule has 1 nitrogen and oxygen atoms in total. The summed E-state index contributed by atoms with van der Waals surface area (Å²) < 4.78 is 0. The second kappa shape index (κ2) is 6.78. The van der Waals surface area contributed by atoms with Crippen molar-refractivity contribution in [2.24, 2.45) is 11.3 Å². The second-order valence-corrected chi connectivity index (χ2v) is 6.95. The zero-order valence-corrected chi connectivity index (χ0v) is 12.7. The summed E-state index contributed by atoms with van der Waals surface area (Å²) >= 11 is 0. The van der Waals surface area contributed by atoms with E-state index >= 15 is 0 Å². The quantitative estimate of drug-likeness (QED) is 0.697. The molecule has 0 aromatic carbocycles. The normalized spacial score (nSPS) is 27.2. The summed E-state index contributed by atoms with van der Waals surface area (Å²) in [4.78, 5) is 0. The van der Waals surface area contributed by atoms with Crippen molar-refractivity contribution in [3.8, 4) is 0 Å². The van der Waals surface area contributed by atoms with Crippen LogP contribution in [0.5, 0.6) is 0 Å². The third kappa shape index (κ3) is 4.99. The molecule has 0 radical (unpaired) electrons. The summed E-state index contributed by atoms with van der Waals surface area (Å²) in [5.41, 5.74) is 0.504. The summed E-state index contributed by atoms with van der Waals surface area (Å²) in [6, 6.07) is 1.53. The maximum absolute atomic E-state index is 3.87. The molecule has 1 saturated carbocycles. The van der Waals surface area contributed by atoms with Crippen LogP contribution in [0.2, 0.25) is 0 Å². The first-order valence-corrected chi connectivity index (χ1v) is 7.73. The molecule has 1 aliphatic rings. The zero-order valence-electron chi connectivity index (χ0n) is 12.7. The molecule has 0 heterocycles. The molecule has 2 unspecified atom stereocenters. The molecule has 2 atom stereocenters. The third-order valence-electron chi connectivity index (χ3n) is 4.65. The van der Waals surface area contributed by atoms with Crippen molar-refractivity contribution in [1.29, 1.82) is 0 Å². The van der Waals surface area contributed by atoms with E-state index in [2.05, 4.69) is 39.9 Å². The van der Waals surface area contributed by atoms with Gasteiger partial charge in [-0.3, -0.25) is 0 Å². The van der Waals surface area contributed by atoms with E-state index in [0.29, 0.717) is 5.41 Å². The minimum Gasteiger partial charge on any atom is -0.311 e.